The number of carbonyl (C=O) groups excluding carboxylic acids is 1. The van der Waals surface area contributed by atoms with Crippen LogP contribution in [0.1, 0.15) is 25.5 Å². The molecule has 1 heterocycles. The standard InChI is InChI=1S/C9H15N3O2/c1-6-5-8(12-11-6)10-9(14)4-3-7(2)13/h5,7,13H,3-4H2,1-2H3,(H2,10,11,12,14). The van der Waals surface area contributed by atoms with Gasteiger partial charge in [0.15, 0.2) is 5.82 Å². The fourth-order valence-electron chi connectivity index (χ4n) is 1.03. The molecular formula is C9H15N3O2. The summed E-state index contributed by atoms with van der Waals surface area (Å²) < 4.78 is 0. The summed E-state index contributed by atoms with van der Waals surface area (Å²) in [5, 5.41) is 18.2. The number of carbonyl (C=O) groups is 1. The van der Waals surface area contributed by atoms with Gasteiger partial charge in [0.2, 0.25) is 5.91 Å². The molecule has 1 atom stereocenters. The van der Waals surface area contributed by atoms with Crippen LogP contribution >= 0.6 is 0 Å². The van der Waals surface area contributed by atoms with E-state index < -0.39 is 6.10 Å². The lowest BCUT2D eigenvalue weighted by Crippen LogP contribution is -2.14. The van der Waals surface area contributed by atoms with E-state index in [0.29, 0.717) is 18.7 Å². The number of rotatable bonds is 4. The highest BCUT2D eigenvalue weighted by atomic mass is 16.3. The van der Waals surface area contributed by atoms with E-state index in [2.05, 4.69) is 15.5 Å². The van der Waals surface area contributed by atoms with Crippen molar-refractivity contribution >= 4 is 11.7 Å². The summed E-state index contributed by atoms with van der Waals surface area (Å²) in [7, 11) is 0. The minimum atomic E-state index is -0.443. The van der Waals surface area contributed by atoms with E-state index in [0.717, 1.165) is 5.69 Å². The Morgan fingerprint density at radius 1 is 1.79 bits per heavy atom. The van der Waals surface area contributed by atoms with Crippen LogP contribution < -0.4 is 5.32 Å². The normalized spacial score (nSPS) is 12.5. The van der Waals surface area contributed by atoms with Crippen LogP contribution in [-0.4, -0.2) is 27.3 Å². The first-order chi connectivity index (χ1) is 6.58. The van der Waals surface area contributed by atoms with Gasteiger partial charge >= 0.3 is 0 Å². The van der Waals surface area contributed by atoms with Gasteiger partial charge in [0.1, 0.15) is 0 Å². The molecule has 1 rings (SSSR count). The van der Waals surface area contributed by atoms with Crippen molar-refractivity contribution in [1.29, 1.82) is 0 Å². The zero-order chi connectivity index (χ0) is 10.6. The second kappa shape index (κ2) is 4.76. The molecule has 3 N–H and O–H groups in total. The Hall–Kier alpha value is -1.36. The third-order valence-corrected chi connectivity index (χ3v) is 1.76. The Bertz CT molecular complexity index is 307. The van der Waals surface area contributed by atoms with Gasteiger partial charge in [-0.15, -0.1) is 0 Å². The third kappa shape index (κ3) is 3.57. The molecule has 0 bridgehead atoms. The topological polar surface area (TPSA) is 78.0 Å². The smallest absolute Gasteiger partial charge is 0.225 e. The number of aryl methyl sites for hydroxylation is 1. The van der Waals surface area contributed by atoms with Crippen molar-refractivity contribution in [2.24, 2.45) is 0 Å². The number of aliphatic hydroxyl groups is 1. The van der Waals surface area contributed by atoms with Crippen molar-refractivity contribution in [3.63, 3.8) is 0 Å². The largest absolute Gasteiger partial charge is 0.393 e. The molecule has 14 heavy (non-hydrogen) atoms. The first-order valence-corrected chi connectivity index (χ1v) is 4.58. The van der Waals surface area contributed by atoms with Crippen molar-refractivity contribution < 1.29 is 9.90 Å². The Balaban J connectivity index is 2.34. The van der Waals surface area contributed by atoms with Crippen molar-refractivity contribution in [3.8, 4) is 0 Å². The van der Waals surface area contributed by atoms with Gasteiger partial charge in [0.25, 0.3) is 0 Å². The number of H-pyrrole nitrogens is 1. The average Bonchev–Trinajstić information content (AvgIpc) is 2.48. The highest BCUT2D eigenvalue weighted by Gasteiger charge is 2.06. The van der Waals surface area contributed by atoms with E-state index in [1.807, 2.05) is 6.92 Å². The van der Waals surface area contributed by atoms with Crippen LogP contribution in [0.4, 0.5) is 5.82 Å². The Labute approximate surface area is 82.5 Å². The molecule has 0 aliphatic carbocycles. The summed E-state index contributed by atoms with van der Waals surface area (Å²) >= 11 is 0. The molecule has 0 spiro atoms. The Morgan fingerprint density at radius 3 is 3.00 bits per heavy atom. The number of nitrogens with zero attached hydrogens (tertiary/aromatic N) is 1. The summed E-state index contributed by atoms with van der Waals surface area (Å²) in [6.45, 7) is 3.52. The maximum absolute atomic E-state index is 11.3. The average molecular weight is 197 g/mol. The molecule has 0 saturated carbocycles. The van der Waals surface area contributed by atoms with Crippen molar-refractivity contribution in [3.05, 3.63) is 11.8 Å². The van der Waals surface area contributed by atoms with Crippen LogP contribution in [0.15, 0.2) is 6.07 Å². The molecule has 5 heteroatoms. The number of amides is 1. The quantitative estimate of drug-likeness (QED) is 0.668. The number of nitrogens with one attached hydrogen (secondary N) is 2. The van der Waals surface area contributed by atoms with Crippen LogP contribution in [-0.2, 0) is 4.79 Å². The molecule has 1 aromatic rings. The second-order valence-corrected chi connectivity index (χ2v) is 3.37. The molecule has 0 saturated heterocycles. The van der Waals surface area contributed by atoms with E-state index in [4.69, 9.17) is 5.11 Å². The van der Waals surface area contributed by atoms with Crippen LogP contribution in [0.3, 0.4) is 0 Å². The molecule has 5 nitrogen and oxygen atoms in total. The first-order valence-electron chi connectivity index (χ1n) is 4.58. The molecule has 0 radical (unpaired) electrons. The van der Waals surface area contributed by atoms with E-state index in [1.54, 1.807) is 13.0 Å². The number of hydrogen-bond donors (Lipinski definition) is 3. The van der Waals surface area contributed by atoms with Gasteiger partial charge in [-0.1, -0.05) is 0 Å². The lowest BCUT2D eigenvalue weighted by atomic mass is 10.2. The predicted molar refractivity (Wildman–Crippen MR) is 52.9 cm³/mol. The van der Waals surface area contributed by atoms with Crippen molar-refractivity contribution in [1.82, 2.24) is 10.2 Å². The molecule has 78 valence electrons. The fourth-order valence-corrected chi connectivity index (χ4v) is 1.03. The van der Waals surface area contributed by atoms with Crippen LogP contribution in [0, 0.1) is 6.92 Å². The monoisotopic (exact) mass is 197 g/mol. The second-order valence-electron chi connectivity index (χ2n) is 3.37. The summed E-state index contributed by atoms with van der Waals surface area (Å²) in [4.78, 5) is 11.3. The van der Waals surface area contributed by atoms with Crippen LogP contribution in [0.25, 0.3) is 0 Å². The van der Waals surface area contributed by atoms with Crippen molar-refractivity contribution in [2.45, 2.75) is 32.8 Å². The summed E-state index contributed by atoms with van der Waals surface area (Å²) in [5.41, 5.74) is 0.899. The van der Waals surface area contributed by atoms with Gasteiger partial charge in [-0.2, -0.15) is 5.10 Å². The highest BCUT2D eigenvalue weighted by Crippen LogP contribution is 2.05. The Kier molecular flexibility index (Phi) is 3.64. The van der Waals surface area contributed by atoms with Crippen LogP contribution in [0.2, 0.25) is 0 Å². The fraction of sp³-hybridized carbons (Fsp3) is 0.556. The third-order valence-electron chi connectivity index (χ3n) is 1.76. The molecule has 0 fully saturated rings. The summed E-state index contributed by atoms with van der Waals surface area (Å²) in [5.74, 6) is 0.399. The van der Waals surface area contributed by atoms with E-state index in [9.17, 15) is 4.79 Å². The van der Waals surface area contributed by atoms with Gasteiger partial charge in [-0.05, 0) is 20.3 Å². The molecule has 0 aromatic carbocycles. The number of hydrogen-bond acceptors (Lipinski definition) is 3. The number of aromatic amines is 1. The predicted octanol–water partition coefficient (Wildman–Crippen LogP) is 0.818. The highest BCUT2D eigenvalue weighted by molar-refractivity contribution is 5.89. The van der Waals surface area contributed by atoms with Gasteiger partial charge in [0, 0.05) is 18.2 Å². The molecule has 0 aliphatic heterocycles. The van der Waals surface area contributed by atoms with Crippen LogP contribution in [0.5, 0.6) is 0 Å². The first kappa shape index (κ1) is 10.7. The Morgan fingerprint density at radius 2 is 2.50 bits per heavy atom. The number of anilines is 1. The van der Waals surface area contributed by atoms with Gasteiger partial charge < -0.3 is 10.4 Å². The van der Waals surface area contributed by atoms with Gasteiger partial charge in [-0.25, -0.2) is 0 Å². The number of aliphatic hydroxyl groups excluding tert-OH is 1. The molecule has 1 unspecified atom stereocenters. The number of aromatic nitrogens is 2. The summed E-state index contributed by atoms with van der Waals surface area (Å²) in [6.07, 6.45) is 0.334. The lowest BCUT2D eigenvalue weighted by Gasteiger charge is -2.03. The molecular weight excluding hydrogens is 182 g/mol. The summed E-state index contributed by atoms with van der Waals surface area (Å²) in [6, 6.07) is 1.75. The minimum absolute atomic E-state index is 0.127. The maximum atomic E-state index is 11.3. The lowest BCUT2D eigenvalue weighted by molar-refractivity contribution is -0.116. The van der Waals surface area contributed by atoms with E-state index in [1.165, 1.54) is 0 Å². The minimum Gasteiger partial charge on any atom is -0.393 e. The zero-order valence-corrected chi connectivity index (χ0v) is 8.37. The van der Waals surface area contributed by atoms with E-state index >= 15 is 0 Å². The zero-order valence-electron chi connectivity index (χ0n) is 8.37. The maximum Gasteiger partial charge on any atom is 0.225 e. The van der Waals surface area contributed by atoms with Gasteiger partial charge in [0.05, 0.1) is 6.10 Å². The van der Waals surface area contributed by atoms with E-state index in [-0.39, 0.29) is 5.91 Å². The van der Waals surface area contributed by atoms with Gasteiger partial charge in [-0.3, -0.25) is 9.89 Å². The molecule has 0 aliphatic rings. The molecule has 1 amide bonds. The molecule has 1 aromatic heterocycles. The van der Waals surface area contributed by atoms with Crippen molar-refractivity contribution in [2.75, 3.05) is 5.32 Å². The SMILES string of the molecule is Cc1cc(NC(=O)CCC(C)O)n[nH]1.